The van der Waals surface area contributed by atoms with Crippen LogP contribution in [0.4, 0.5) is 10.1 Å². The molecule has 2 aromatic rings. The predicted molar refractivity (Wildman–Crippen MR) is 77.8 cm³/mol. The van der Waals surface area contributed by atoms with Crippen LogP contribution in [0.2, 0.25) is 0 Å². The molecule has 0 unspecified atom stereocenters. The largest absolute Gasteiger partial charge is 0.485 e. The summed E-state index contributed by atoms with van der Waals surface area (Å²) >= 11 is 0. The number of nitrogens with zero attached hydrogens (tertiary/aromatic N) is 1. The summed E-state index contributed by atoms with van der Waals surface area (Å²) in [4.78, 5) is 4.06. The fraction of sp³-hybridized carbons (Fsp3) is 0.312. The van der Waals surface area contributed by atoms with Crippen LogP contribution in [0.3, 0.4) is 0 Å². The molecule has 4 nitrogen and oxygen atoms in total. The maximum Gasteiger partial charge on any atom is 0.165 e. The Hall–Kier alpha value is -2.14. The molecular formula is C16H17FN2O2. The van der Waals surface area contributed by atoms with Gasteiger partial charge in [-0.2, -0.15) is 0 Å². The smallest absolute Gasteiger partial charge is 0.165 e. The second-order valence-electron chi connectivity index (χ2n) is 4.96. The zero-order valence-corrected chi connectivity index (χ0v) is 11.6. The van der Waals surface area contributed by atoms with Gasteiger partial charge in [0.05, 0.1) is 13.2 Å². The van der Waals surface area contributed by atoms with E-state index in [9.17, 15) is 4.39 Å². The van der Waals surface area contributed by atoms with Gasteiger partial charge in [-0.15, -0.1) is 0 Å². The lowest BCUT2D eigenvalue weighted by Gasteiger charge is -2.14. The van der Waals surface area contributed by atoms with Gasteiger partial charge in [-0.1, -0.05) is 6.07 Å². The Balaban J connectivity index is 1.65. The number of benzene rings is 1. The molecule has 1 aromatic carbocycles. The molecule has 1 atom stereocenters. The van der Waals surface area contributed by atoms with E-state index in [1.807, 2.05) is 12.1 Å². The maximum absolute atomic E-state index is 13.8. The third-order valence-corrected chi connectivity index (χ3v) is 3.33. The molecule has 1 fully saturated rings. The summed E-state index contributed by atoms with van der Waals surface area (Å²) < 4.78 is 24.7. The SMILES string of the molecule is Fc1ccc(NCc2cccnc2)cc1O[C@@H]1CCOC1. The van der Waals surface area contributed by atoms with Crippen molar-refractivity contribution in [3.05, 3.63) is 54.1 Å². The highest BCUT2D eigenvalue weighted by Gasteiger charge is 2.19. The highest BCUT2D eigenvalue weighted by Crippen LogP contribution is 2.25. The standard InChI is InChI=1S/C16H17FN2O2/c17-15-4-3-13(19-10-12-2-1-6-18-9-12)8-16(15)21-14-5-7-20-11-14/h1-4,6,8-9,14,19H,5,7,10-11H2/t14-/m1/s1. The Bertz CT molecular complexity index is 586. The normalized spacial score (nSPS) is 17.7. The quantitative estimate of drug-likeness (QED) is 0.918. The van der Waals surface area contributed by atoms with Gasteiger partial charge in [0.15, 0.2) is 11.6 Å². The summed E-state index contributed by atoms with van der Waals surface area (Å²) in [7, 11) is 0. The van der Waals surface area contributed by atoms with Gasteiger partial charge < -0.3 is 14.8 Å². The van der Waals surface area contributed by atoms with Crippen LogP contribution in [0.1, 0.15) is 12.0 Å². The second kappa shape index (κ2) is 6.54. The van der Waals surface area contributed by atoms with Crippen molar-refractivity contribution in [2.45, 2.75) is 19.1 Å². The highest BCUT2D eigenvalue weighted by atomic mass is 19.1. The number of halogens is 1. The highest BCUT2D eigenvalue weighted by molar-refractivity contribution is 5.49. The van der Waals surface area contributed by atoms with Gasteiger partial charge >= 0.3 is 0 Å². The van der Waals surface area contributed by atoms with E-state index in [1.165, 1.54) is 6.07 Å². The molecular weight excluding hydrogens is 271 g/mol. The third-order valence-electron chi connectivity index (χ3n) is 3.33. The summed E-state index contributed by atoms with van der Waals surface area (Å²) in [6, 6.07) is 8.66. The van der Waals surface area contributed by atoms with E-state index < -0.39 is 0 Å². The average molecular weight is 288 g/mol. The van der Waals surface area contributed by atoms with Crippen LogP contribution in [-0.4, -0.2) is 24.3 Å². The zero-order valence-electron chi connectivity index (χ0n) is 11.6. The lowest BCUT2D eigenvalue weighted by Crippen LogP contribution is -2.16. The Morgan fingerprint density at radius 3 is 3.10 bits per heavy atom. The van der Waals surface area contributed by atoms with Crippen molar-refractivity contribution in [3.63, 3.8) is 0 Å². The van der Waals surface area contributed by atoms with Crippen molar-refractivity contribution in [3.8, 4) is 5.75 Å². The molecule has 0 saturated carbocycles. The van der Waals surface area contributed by atoms with E-state index >= 15 is 0 Å². The first kappa shape index (κ1) is 13.8. The monoisotopic (exact) mass is 288 g/mol. The molecule has 1 aliphatic rings. The molecule has 1 saturated heterocycles. The fourth-order valence-electron chi connectivity index (χ4n) is 2.20. The van der Waals surface area contributed by atoms with Crippen molar-refractivity contribution in [2.24, 2.45) is 0 Å². The fourth-order valence-corrected chi connectivity index (χ4v) is 2.20. The molecule has 21 heavy (non-hydrogen) atoms. The van der Waals surface area contributed by atoms with E-state index in [1.54, 1.807) is 24.5 Å². The van der Waals surface area contributed by atoms with Crippen LogP contribution in [0.5, 0.6) is 5.75 Å². The number of hydrogen-bond donors (Lipinski definition) is 1. The predicted octanol–water partition coefficient (Wildman–Crippen LogP) is 3.00. The first-order valence-electron chi connectivity index (χ1n) is 6.98. The van der Waals surface area contributed by atoms with E-state index in [0.29, 0.717) is 19.8 Å². The summed E-state index contributed by atoms with van der Waals surface area (Å²) in [6.07, 6.45) is 4.27. The third kappa shape index (κ3) is 3.70. The molecule has 1 aliphatic heterocycles. The molecule has 0 spiro atoms. The average Bonchev–Trinajstić information content (AvgIpc) is 3.02. The van der Waals surface area contributed by atoms with E-state index in [-0.39, 0.29) is 17.7 Å². The molecule has 5 heteroatoms. The number of pyridine rings is 1. The summed E-state index contributed by atoms with van der Waals surface area (Å²) in [6.45, 7) is 1.82. The topological polar surface area (TPSA) is 43.4 Å². The van der Waals surface area contributed by atoms with Crippen LogP contribution in [0.15, 0.2) is 42.7 Å². The summed E-state index contributed by atoms with van der Waals surface area (Å²) in [5.74, 6) is -0.0875. The van der Waals surface area contributed by atoms with Gasteiger partial charge in [0.1, 0.15) is 6.10 Å². The summed E-state index contributed by atoms with van der Waals surface area (Å²) in [5, 5.41) is 3.24. The second-order valence-corrected chi connectivity index (χ2v) is 4.96. The van der Waals surface area contributed by atoms with Crippen molar-refractivity contribution in [2.75, 3.05) is 18.5 Å². The molecule has 2 heterocycles. The van der Waals surface area contributed by atoms with Gasteiger partial charge in [0.25, 0.3) is 0 Å². The first-order chi connectivity index (χ1) is 10.3. The van der Waals surface area contributed by atoms with Crippen molar-refractivity contribution >= 4 is 5.69 Å². The van der Waals surface area contributed by atoms with E-state index in [0.717, 1.165) is 17.7 Å². The minimum atomic E-state index is -0.353. The molecule has 1 aromatic heterocycles. The molecule has 0 amide bonds. The molecule has 0 aliphatic carbocycles. The van der Waals surface area contributed by atoms with Gasteiger partial charge in [-0.3, -0.25) is 4.98 Å². The number of nitrogens with one attached hydrogen (secondary N) is 1. The van der Waals surface area contributed by atoms with Crippen LogP contribution in [0.25, 0.3) is 0 Å². The molecule has 0 bridgehead atoms. The van der Waals surface area contributed by atoms with E-state index in [2.05, 4.69) is 10.3 Å². The molecule has 0 radical (unpaired) electrons. The van der Waals surface area contributed by atoms with Crippen molar-refractivity contribution in [1.82, 2.24) is 4.98 Å². The zero-order chi connectivity index (χ0) is 14.5. The van der Waals surface area contributed by atoms with Crippen LogP contribution < -0.4 is 10.1 Å². The van der Waals surface area contributed by atoms with Gasteiger partial charge in [-0.25, -0.2) is 4.39 Å². The van der Waals surface area contributed by atoms with Crippen LogP contribution >= 0.6 is 0 Å². The van der Waals surface area contributed by atoms with Crippen molar-refractivity contribution < 1.29 is 13.9 Å². The maximum atomic E-state index is 13.8. The lowest BCUT2D eigenvalue weighted by atomic mass is 10.2. The first-order valence-corrected chi connectivity index (χ1v) is 6.98. The van der Waals surface area contributed by atoms with Gasteiger partial charge in [0, 0.05) is 37.1 Å². The van der Waals surface area contributed by atoms with Crippen LogP contribution in [0, 0.1) is 5.82 Å². The Morgan fingerprint density at radius 2 is 2.33 bits per heavy atom. The molecule has 1 N–H and O–H groups in total. The number of aromatic nitrogens is 1. The van der Waals surface area contributed by atoms with Crippen molar-refractivity contribution in [1.29, 1.82) is 0 Å². The number of ether oxygens (including phenoxy) is 2. The Kier molecular flexibility index (Phi) is 4.31. The van der Waals surface area contributed by atoms with Crippen LogP contribution in [-0.2, 0) is 11.3 Å². The Morgan fingerprint density at radius 1 is 1.38 bits per heavy atom. The number of anilines is 1. The van der Waals surface area contributed by atoms with Gasteiger partial charge in [0.2, 0.25) is 0 Å². The summed E-state index contributed by atoms with van der Waals surface area (Å²) in [5.41, 5.74) is 1.88. The minimum absolute atomic E-state index is 0.0620. The Labute approximate surface area is 122 Å². The van der Waals surface area contributed by atoms with Gasteiger partial charge in [-0.05, 0) is 23.8 Å². The minimum Gasteiger partial charge on any atom is -0.485 e. The molecule has 110 valence electrons. The number of hydrogen-bond acceptors (Lipinski definition) is 4. The number of rotatable bonds is 5. The lowest BCUT2D eigenvalue weighted by molar-refractivity contribution is 0.138. The molecule has 3 rings (SSSR count). The van der Waals surface area contributed by atoms with E-state index in [4.69, 9.17) is 9.47 Å².